The predicted octanol–water partition coefficient (Wildman–Crippen LogP) is 2.95. The van der Waals surface area contributed by atoms with E-state index in [1.165, 1.54) is 0 Å². The zero-order valence-electron chi connectivity index (χ0n) is 11.8. The van der Waals surface area contributed by atoms with Crippen LogP contribution in [-0.2, 0) is 4.79 Å². The fraction of sp³-hybridized carbons (Fsp3) is 0.500. The van der Waals surface area contributed by atoms with Crippen molar-refractivity contribution >= 4 is 11.7 Å². The Kier molecular flexibility index (Phi) is 4.62. The summed E-state index contributed by atoms with van der Waals surface area (Å²) in [5.74, 6) is -0.213. The molecule has 1 heterocycles. The summed E-state index contributed by atoms with van der Waals surface area (Å²) in [6, 6.07) is 8.07. The molecule has 0 aromatic heterocycles. The Morgan fingerprint density at radius 2 is 2.15 bits per heavy atom. The molecule has 1 saturated heterocycles. The number of aryl methyl sites for hydroxylation is 1. The summed E-state index contributed by atoms with van der Waals surface area (Å²) in [7, 11) is 0. The van der Waals surface area contributed by atoms with E-state index < -0.39 is 5.97 Å². The molecule has 0 saturated carbocycles. The van der Waals surface area contributed by atoms with Gasteiger partial charge in [0.2, 0.25) is 0 Å². The minimum absolute atomic E-state index is 0.262. The molecule has 0 amide bonds. The monoisotopic (exact) mass is 272 g/mol. The molecule has 0 radical (unpaired) electrons. The van der Waals surface area contributed by atoms with E-state index in [0.29, 0.717) is 5.92 Å². The molecule has 1 fully saturated rings. The van der Waals surface area contributed by atoms with Crippen molar-refractivity contribution in [1.29, 1.82) is 5.26 Å². The number of carboxylic acid groups (broad SMARTS) is 1. The molecular weight excluding hydrogens is 252 g/mol. The lowest BCUT2D eigenvalue weighted by Crippen LogP contribution is -2.34. The molecule has 0 aliphatic carbocycles. The van der Waals surface area contributed by atoms with Crippen LogP contribution in [0.4, 0.5) is 5.69 Å². The molecule has 0 spiro atoms. The number of para-hydroxylation sites is 1. The first-order valence-electron chi connectivity index (χ1n) is 7.08. The maximum absolute atomic E-state index is 10.6. The summed E-state index contributed by atoms with van der Waals surface area (Å²) in [4.78, 5) is 12.9. The van der Waals surface area contributed by atoms with Gasteiger partial charge in [0.25, 0.3) is 0 Å². The van der Waals surface area contributed by atoms with Crippen molar-refractivity contribution in [1.82, 2.24) is 0 Å². The molecule has 1 aromatic carbocycles. The third kappa shape index (κ3) is 3.30. The van der Waals surface area contributed by atoms with Crippen LogP contribution in [-0.4, -0.2) is 24.2 Å². The second-order valence-electron chi connectivity index (χ2n) is 5.45. The van der Waals surface area contributed by atoms with Crippen LogP contribution in [0.1, 0.15) is 36.8 Å². The highest BCUT2D eigenvalue weighted by molar-refractivity contribution is 5.66. The van der Waals surface area contributed by atoms with Gasteiger partial charge < -0.3 is 10.0 Å². The normalized spacial score (nSPS) is 15.9. The standard InChI is InChI=1S/C16H20N2O2/c1-12-3-2-4-14(11-17)16(12)18-9-7-13(8-10-18)5-6-15(19)20/h2-4,13H,5-10H2,1H3,(H,19,20). The Morgan fingerprint density at radius 3 is 2.75 bits per heavy atom. The summed E-state index contributed by atoms with van der Waals surface area (Å²) in [6.07, 6.45) is 3.04. The minimum Gasteiger partial charge on any atom is -0.481 e. The number of anilines is 1. The van der Waals surface area contributed by atoms with Crippen LogP contribution in [0.3, 0.4) is 0 Å². The van der Waals surface area contributed by atoms with Gasteiger partial charge in [-0.05, 0) is 43.7 Å². The number of aliphatic carboxylic acids is 1. The van der Waals surface area contributed by atoms with Gasteiger partial charge in [0, 0.05) is 19.5 Å². The highest BCUT2D eigenvalue weighted by Crippen LogP contribution is 2.30. The van der Waals surface area contributed by atoms with Gasteiger partial charge in [-0.3, -0.25) is 4.79 Å². The topological polar surface area (TPSA) is 64.3 Å². The Bertz CT molecular complexity index is 526. The number of benzene rings is 1. The largest absolute Gasteiger partial charge is 0.481 e. The number of hydrogen-bond acceptors (Lipinski definition) is 3. The number of carboxylic acids is 1. The average Bonchev–Trinajstić information content (AvgIpc) is 2.45. The molecule has 2 rings (SSSR count). The van der Waals surface area contributed by atoms with Gasteiger partial charge in [-0.2, -0.15) is 5.26 Å². The smallest absolute Gasteiger partial charge is 0.303 e. The Balaban J connectivity index is 2.01. The predicted molar refractivity (Wildman–Crippen MR) is 77.7 cm³/mol. The van der Waals surface area contributed by atoms with Crippen molar-refractivity contribution in [3.05, 3.63) is 29.3 Å². The molecular formula is C16H20N2O2. The van der Waals surface area contributed by atoms with Crippen LogP contribution in [0.2, 0.25) is 0 Å². The van der Waals surface area contributed by atoms with E-state index in [1.54, 1.807) is 0 Å². The average molecular weight is 272 g/mol. The van der Waals surface area contributed by atoms with Crippen molar-refractivity contribution < 1.29 is 9.90 Å². The lowest BCUT2D eigenvalue weighted by atomic mass is 9.91. The highest BCUT2D eigenvalue weighted by atomic mass is 16.4. The molecule has 1 aliphatic heterocycles. The summed E-state index contributed by atoms with van der Waals surface area (Å²) in [5.41, 5.74) is 2.91. The number of nitriles is 1. The van der Waals surface area contributed by atoms with Gasteiger partial charge in [-0.25, -0.2) is 0 Å². The van der Waals surface area contributed by atoms with Gasteiger partial charge in [-0.1, -0.05) is 12.1 Å². The van der Waals surface area contributed by atoms with Gasteiger partial charge in [0.05, 0.1) is 11.3 Å². The van der Waals surface area contributed by atoms with E-state index in [0.717, 1.165) is 49.2 Å². The summed E-state index contributed by atoms with van der Waals surface area (Å²) in [6.45, 7) is 3.85. The third-order valence-electron chi connectivity index (χ3n) is 4.06. The lowest BCUT2D eigenvalue weighted by molar-refractivity contribution is -0.137. The first-order chi connectivity index (χ1) is 9.61. The van der Waals surface area contributed by atoms with Crippen molar-refractivity contribution in [2.45, 2.75) is 32.6 Å². The van der Waals surface area contributed by atoms with Crippen molar-refractivity contribution in [2.75, 3.05) is 18.0 Å². The first kappa shape index (κ1) is 14.4. The van der Waals surface area contributed by atoms with Crippen LogP contribution in [0.25, 0.3) is 0 Å². The van der Waals surface area contributed by atoms with Crippen molar-refractivity contribution in [3.8, 4) is 6.07 Å². The van der Waals surface area contributed by atoms with Crippen LogP contribution >= 0.6 is 0 Å². The molecule has 0 atom stereocenters. The van der Waals surface area contributed by atoms with Crippen LogP contribution in [0.5, 0.6) is 0 Å². The third-order valence-corrected chi connectivity index (χ3v) is 4.06. The molecule has 1 aromatic rings. The molecule has 4 heteroatoms. The van der Waals surface area contributed by atoms with Gasteiger partial charge in [0.1, 0.15) is 6.07 Å². The molecule has 1 N–H and O–H groups in total. The second-order valence-corrected chi connectivity index (χ2v) is 5.45. The molecule has 0 unspecified atom stereocenters. The number of nitrogens with zero attached hydrogens (tertiary/aromatic N) is 2. The van der Waals surface area contributed by atoms with Crippen LogP contribution in [0, 0.1) is 24.2 Å². The number of rotatable bonds is 4. The van der Waals surface area contributed by atoms with E-state index in [2.05, 4.69) is 11.0 Å². The Hall–Kier alpha value is -2.02. The maximum Gasteiger partial charge on any atom is 0.303 e. The molecule has 1 aliphatic rings. The number of piperidine rings is 1. The maximum atomic E-state index is 10.6. The van der Waals surface area contributed by atoms with E-state index in [4.69, 9.17) is 5.11 Å². The van der Waals surface area contributed by atoms with Crippen molar-refractivity contribution in [3.63, 3.8) is 0 Å². The molecule has 106 valence electrons. The summed E-state index contributed by atoms with van der Waals surface area (Å²) < 4.78 is 0. The first-order valence-corrected chi connectivity index (χ1v) is 7.08. The van der Waals surface area contributed by atoms with Gasteiger partial charge >= 0.3 is 5.97 Å². The number of hydrogen-bond donors (Lipinski definition) is 1. The Morgan fingerprint density at radius 1 is 1.45 bits per heavy atom. The fourth-order valence-corrected chi connectivity index (χ4v) is 2.94. The molecule has 0 bridgehead atoms. The van der Waals surface area contributed by atoms with Gasteiger partial charge in [-0.15, -0.1) is 0 Å². The highest BCUT2D eigenvalue weighted by Gasteiger charge is 2.22. The molecule has 20 heavy (non-hydrogen) atoms. The quantitative estimate of drug-likeness (QED) is 0.915. The van der Waals surface area contributed by atoms with E-state index in [-0.39, 0.29) is 6.42 Å². The van der Waals surface area contributed by atoms with Crippen molar-refractivity contribution in [2.24, 2.45) is 5.92 Å². The van der Waals surface area contributed by atoms with Crippen LogP contribution in [0.15, 0.2) is 18.2 Å². The summed E-state index contributed by atoms with van der Waals surface area (Å²) >= 11 is 0. The van der Waals surface area contributed by atoms with E-state index >= 15 is 0 Å². The van der Waals surface area contributed by atoms with E-state index in [9.17, 15) is 10.1 Å². The molecule has 4 nitrogen and oxygen atoms in total. The second kappa shape index (κ2) is 6.42. The lowest BCUT2D eigenvalue weighted by Gasteiger charge is -2.34. The minimum atomic E-state index is -0.710. The number of carbonyl (C=O) groups is 1. The van der Waals surface area contributed by atoms with E-state index in [1.807, 2.05) is 25.1 Å². The Labute approximate surface area is 119 Å². The van der Waals surface area contributed by atoms with Crippen LogP contribution < -0.4 is 4.90 Å². The fourth-order valence-electron chi connectivity index (χ4n) is 2.94. The van der Waals surface area contributed by atoms with Gasteiger partial charge in [0.15, 0.2) is 0 Å². The SMILES string of the molecule is Cc1cccc(C#N)c1N1CCC(CCC(=O)O)CC1. The zero-order valence-corrected chi connectivity index (χ0v) is 11.8. The zero-order chi connectivity index (χ0) is 14.5. The summed E-state index contributed by atoms with van der Waals surface area (Å²) in [5, 5.41) is 18.0.